The molecule has 0 atom stereocenters. The molecule has 0 radical (unpaired) electrons. The van der Waals surface area contributed by atoms with E-state index in [1.165, 1.54) is 38.1 Å². The Balaban J connectivity index is 0.000000414. The fourth-order valence-electron chi connectivity index (χ4n) is 4.91. The molecule has 12 nitrogen and oxygen atoms in total. The summed E-state index contributed by atoms with van der Waals surface area (Å²) in [5.41, 5.74) is 2.46. The molecule has 59 heavy (non-hydrogen) atoms. The van der Waals surface area contributed by atoms with Crippen molar-refractivity contribution in [3.05, 3.63) is 144 Å². The van der Waals surface area contributed by atoms with Crippen molar-refractivity contribution in [2.45, 2.75) is 78.8 Å². The largest absolute Gasteiger partial charge is 0.508 e. The van der Waals surface area contributed by atoms with Gasteiger partial charge in [-0.05, 0) is 126 Å². The number of halogens is 1. The van der Waals surface area contributed by atoms with Gasteiger partial charge in [0.2, 0.25) is 0 Å². The number of hydrogen-bond acceptors (Lipinski definition) is 12. The lowest BCUT2D eigenvalue weighted by atomic mass is 10.0. The summed E-state index contributed by atoms with van der Waals surface area (Å²) < 4.78 is 32.6. The molecule has 0 bridgehead atoms. The van der Waals surface area contributed by atoms with Crippen molar-refractivity contribution in [1.82, 2.24) is 0 Å². The van der Waals surface area contributed by atoms with Crippen LogP contribution in [0.5, 0.6) is 23.0 Å². The summed E-state index contributed by atoms with van der Waals surface area (Å²) >= 11 is 0. The second-order valence-corrected chi connectivity index (χ2v) is 15.2. The number of hydrogen-bond donors (Lipinski definition) is 2. The van der Waals surface area contributed by atoms with Gasteiger partial charge in [-0.1, -0.05) is 61.7 Å². The number of esters is 4. The molecule has 0 aromatic heterocycles. The maximum Gasteiger partial charge on any atom is 0.345 e. The van der Waals surface area contributed by atoms with Gasteiger partial charge in [-0.25, -0.2) is 19.2 Å². The molecule has 0 heterocycles. The van der Waals surface area contributed by atoms with Gasteiger partial charge < -0.3 is 38.6 Å². The first kappa shape index (κ1) is 48.9. The van der Waals surface area contributed by atoms with E-state index in [1.54, 1.807) is 24.3 Å². The first-order valence-electron chi connectivity index (χ1n) is 18.3. The van der Waals surface area contributed by atoms with Crippen molar-refractivity contribution in [2.75, 3.05) is 13.2 Å². The summed E-state index contributed by atoms with van der Waals surface area (Å²) in [4.78, 5) is 47.5. The third kappa shape index (κ3) is 17.4. The van der Waals surface area contributed by atoms with Crippen LogP contribution in [0.2, 0.25) is 0 Å². The summed E-state index contributed by atoms with van der Waals surface area (Å²) in [6.45, 7) is 20.7. The van der Waals surface area contributed by atoms with Crippen LogP contribution in [-0.2, 0) is 38.1 Å². The molecule has 0 aliphatic carbocycles. The molecule has 0 fully saturated rings. The van der Waals surface area contributed by atoms with E-state index in [9.17, 15) is 29.4 Å². The monoisotopic (exact) mass is 832 g/mol. The van der Waals surface area contributed by atoms with Gasteiger partial charge in [-0.15, -0.1) is 12.4 Å². The van der Waals surface area contributed by atoms with Crippen molar-refractivity contribution < 1.29 is 57.8 Å². The molecule has 0 spiro atoms. The quantitative estimate of drug-likeness (QED) is 0.0705. The zero-order chi connectivity index (χ0) is 43.2. The molecule has 4 rings (SSSR count). The lowest BCUT2D eigenvalue weighted by molar-refractivity contribution is -0.159. The van der Waals surface area contributed by atoms with Crippen LogP contribution < -0.4 is 9.47 Å². The lowest BCUT2D eigenvalue weighted by Gasteiger charge is -2.23. The van der Waals surface area contributed by atoms with Crippen LogP contribution in [0.25, 0.3) is 0 Å². The highest BCUT2D eigenvalue weighted by atomic mass is 35.5. The maximum absolute atomic E-state index is 12.5. The SMILES string of the molecule is C=C(C)C(=O)OCC(=O)OC(c1ccc(O)cc1)c1ccc(O)cc1.C=C(C)C(=O)OCC(=O)OC(c1ccc(OC(C)(C)C)cc1)c1ccc(OC(C)(C)C)cc1.Cl. The summed E-state index contributed by atoms with van der Waals surface area (Å²) in [7, 11) is 0. The molecule has 4 aromatic rings. The smallest absolute Gasteiger partial charge is 0.345 e. The van der Waals surface area contributed by atoms with E-state index in [4.69, 9.17) is 28.4 Å². The van der Waals surface area contributed by atoms with E-state index in [2.05, 4.69) is 13.2 Å². The van der Waals surface area contributed by atoms with Crippen LogP contribution in [0.1, 0.15) is 89.9 Å². The van der Waals surface area contributed by atoms with Crippen LogP contribution in [0.3, 0.4) is 0 Å². The lowest BCUT2D eigenvalue weighted by Crippen LogP contribution is -2.23. The predicted octanol–water partition coefficient (Wildman–Crippen LogP) is 9.06. The van der Waals surface area contributed by atoms with Crippen molar-refractivity contribution >= 4 is 36.3 Å². The minimum atomic E-state index is -0.780. The Morgan fingerprint density at radius 2 is 0.763 bits per heavy atom. The second kappa shape index (κ2) is 22.0. The number of carbonyl (C=O) groups is 4. The van der Waals surface area contributed by atoms with E-state index in [0.717, 1.165) is 11.1 Å². The highest BCUT2D eigenvalue weighted by molar-refractivity contribution is 5.89. The minimum absolute atomic E-state index is 0. The molecular weight excluding hydrogens is 780 g/mol. The Hall–Kier alpha value is -6.27. The molecule has 4 aromatic carbocycles. The highest BCUT2D eigenvalue weighted by Crippen LogP contribution is 2.31. The van der Waals surface area contributed by atoms with Crippen LogP contribution in [0, 0.1) is 0 Å². The molecule has 0 aliphatic heterocycles. The molecule has 0 saturated carbocycles. The fourth-order valence-corrected chi connectivity index (χ4v) is 4.91. The standard InChI is InChI=1S/C27H34O6.C19H18O6.ClH/c1-18(2)25(29)30-17-23(28)31-24(19-9-13-21(14-10-19)32-26(3,4)5)20-11-15-22(16-12-20)33-27(6,7)8;1-12(2)19(23)24-11-17(22)25-18(13-3-7-15(20)8-4-13)14-5-9-16(21)10-6-14;/h9-16,24H,1,17H2,2-8H3;3-10,18,20-21H,1,11H2,2H3;1H. The van der Waals surface area contributed by atoms with Gasteiger partial charge in [-0.3, -0.25) is 0 Å². The van der Waals surface area contributed by atoms with Crippen molar-refractivity contribution in [1.29, 1.82) is 0 Å². The molecule has 2 N–H and O–H groups in total. The van der Waals surface area contributed by atoms with Crippen LogP contribution in [0.4, 0.5) is 0 Å². The maximum atomic E-state index is 12.5. The molecule has 0 unspecified atom stereocenters. The average molecular weight is 833 g/mol. The molecule has 0 saturated heterocycles. The van der Waals surface area contributed by atoms with Gasteiger partial charge in [-0.2, -0.15) is 0 Å². The number of carbonyl (C=O) groups excluding carboxylic acids is 4. The topological polar surface area (TPSA) is 164 Å². The zero-order valence-electron chi connectivity index (χ0n) is 34.6. The summed E-state index contributed by atoms with van der Waals surface area (Å²) in [5, 5.41) is 18.8. The Morgan fingerprint density at radius 1 is 0.508 bits per heavy atom. The second-order valence-electron chi connectivity index (χ2n) is 15.2. The van der Waals surface area contributed by atoms with E-state index in [1.807, 2.05) is 90.1 Å². The van der Waals surface area contributed by atoms with Crippen LogP contribution in [0.15, 0.2) is 121 Å². The zero-order valence-corrected chi connectivity index (χ0v) is 35.4. The molecule has 13 heteroatoms. The van der Waals surface area contributed by atoms with Gasteiger partial charge in [0, 0.05) is 11.1 Å². The number of phenolic OH excluding ortho intramolecular Hbond substituents is 2. The van der Waals surface area contributed by atoms with Gasteiger partial charge >= 0.3 is 23.9 Å². The highest BCUT2D eigenvalue weighted by Gasteiger charge is 2.23. The predicted molar refractivity (Wildman–Crippen MR) is 225 cm³/mol. The number of ether oxygens (including phenoxy) is 6. The van der Waals surface area contributed by atoms with E-state index in [-0.39, 0.29) is 46.3 Å². The van der Waals surface area contributed by atoms with E-state index < -0.39 is 49.3 Å². The van der Waals surface area contributed by atoms with Crippen LogP contribution in [-0.4, -0.2) is 58.5 Å². The number of benzene rings is 4. The Bertz CT molecular complexity index is 1920. The van der Waals surface area contributed by atoms with Gasteiger partial charge in [0.05, 0.1) is 0 Å². The van der Waals surface area contributed by atoms with Crippen molar-refractivity contribution in [3.63, 3.8) is 0 Å². The summed E-state index contributed by atoms with van der Waals surface area (Å²) in [5.74, 6) is -1.15. The average Bonchev–Trinajstić information content (AvgIpc) is 3.14. The first-order valence-corrected chi connectivity index (χ1v) is 18.3. The number of rotatable bonds is 14. The van der Waals surface area contributed by atoms with Gasteiger partial charge in [0.25, 0.3) is 0 Å². The van der Waals surface area contributed by atoms with Crippen molar-refractivity contribution in [2.24, 2.45) is 0 Å². The normalized spacial score (nSPS) is 10.9. The Kier molecular flexibility index (Phi) is 18.3. The first-order chi connectivity index (χ1) is 27.1. The fraction of sp³-hybridized carbons (Fsp3) is 0.304. The molecule has 316 valence electrons. The summed E-state index contributed by atoms with van der Waals surface area (Å²) in [6, 6.07) is 27.0. The molecular formula is C46H53ClO12. The van der Waals surface area contributed by atoms with E-state index >= 15 is 0 Å². The van der Waals surface area contributed by atoms with Crippen molar-refractivity contribution in [3.8, 4) is 23.0 Å². The Morgan fingerprint density at radius 3 is 1.00 bits per heavy atom. The van der Waals surface area contributed by atoms with Gasteiger partial charge in [0.1, 0.15) is 34.2 Å². The third-order valence-electron chi connectivity index (χ3n) is 7.44. The van der Waals surface area contributed by atoms with Crippen LogP contribution >= 0.6 is 12.4 Å². The minimum Gasteiger partial charge on any atom is -0.508 e. The summed E-state index contributed by atoms with van der Waals surface area (Å²) in [6.07, 6.45) is -1.48. The number of aromatic hydroxyl groups is 2. The Labute approximate surface area is 351 Å². The molecule has 0 aliphatic rings. The number of phenols is 2. The third-order valence-corrected chi connectivity index (χ3v) is 7.44. The van der Waals surface area contributed by atoms with Gasteiger partial charge in [0.15, 0.2) is 25.4 Å². The molecule has 0 amide bonds. The van der Waals surface area contributed by atoms with E-state index in [0.29, 0.717) is 22.6 Å².